The Morgan fingerprint density at radius 3 is 2.86 bits per heavy atom. The van der Waals surface area contributed by atoms with Crippen LogP contribution in [-0.4, -0.2) is 21.4 Å². The van der Waals surface area contributed by atoms with Crippen molar-refractivity contribution in [2.45, 2.75) is 32.6 Å². The number of aryl methyl sites for hydroxylation is 2. The first-order valence-electron chi connectivity index (χ1n) is 5.01. The summed E-state index contributed by atoms with van der Waals surface area (Å²) in [7, 11) is 0. The zero-order valence-corrected chi connectivity index (χ0v) is 10.4. The molecule has 1 rings (SSSR count). The molecule has 0 atom stereocenters. The Morgan fingerprint density at radius 1 is 1.50 bits per heavy atom. The molecular formula is C10H17ClN2S. The molecule has 0 saturated heterocycles. The number of halogens is 1. The number of thioether (sulfide) groups is 1. The van der Waals surface area contributed by atoms with E-state index in [4.69, 9.17) is 11.6 Å². The Kier molecular flexibility index (Phi) is 5.41. The smallest absolute Gasteiger partial charge is 0.0625 e. The SMILES string of the molecule is CCc1cc(CSCCCl)n(CC)n1. The van der Waals surface area contributed by atoms with E-state index in [1.807, 2.05) is 11.8 Å². The number of aromatic nitrogens is 2. The van der Waals surface area contributed by atoms with Gasteiger partial charge in [-0.05, 0) is 19.4 Å². The van der Waals surface area contributed by atoms with Crippen LogP contribution in [0.1, 0.15) is 25.2 Å². The van der Waals surface area contributed by atoms with E-state index in [0.29, 0.717) is 0 Å². The van der Waals surface area contributed by atoms with Crippen LogP contribution < -0.4 is 0 Å². The lowest BCUT2D eigenvalue weighted by Gasteiger charge is -2.02. The van der Waals surface area contributed by atoms with E-state index in [0.717, 1.165) is 30.4 Å². The predicted molar refractivity (Wildman–Crippen MR) is 64.2 cm³/mol. The van der Waals surface area contributed by atoms with Gasteiger partial charge in [-0.3, -0.25) is 4.68 Å². The normalized spacial score (nSPS) is 10.8. The topological polar surface area (TPSA) is 17.8 Å². The van der Waals surface area contributed by atoms with E-state index in [9.17, 15) is 0 Å². The third-order valence-corrected chi connectivity index (χ3v) is 3.45. The molecule has 0 aliphatic carbocycles. The summed E-state index contributed by atoms with van der Waals surface area (Å²) >= 11 is 7.50. The van der Waals surface area contributed by atoms with Gasteiger partial charge in [0.25, 0.3) is 0 Å². The number of alkyl halides is 1. The lowest BCUT2D eigenvalue weighted by molar-refractivity contribution is 0.628. The molecule has 0 fully saturated rings. The molecule has 0 unspecified atom stereocenters. The van der Waals surface area contributed by atoms with Gasteiger partial charge in [0.2, 0.25) is 0 Å². The molecule has 0 aliphatic rings. The molecule has 0 spiro atoms. The molecule has 0 aliphatic heterocycles. The van der Waals surface area contributed by atoms with Crippen LogP contribution >= 0.6 is 23.4 Å². The van der Waals surface area contributed by atoms with Crippen LogP contribution in [0.5, 0.6) is 0 Å². The molecule has 0 radical (unpaired) electrons. The van der Waals surface area contributed by atoms with E-state index in [1.54, 1.807) is 0 Å². The average molecular weight is 233 g/mol. The fourth-order valence-electron chi connectivity index (χ4n) is 1.31. The van der Waals surface area contributed by atoms with Crippen LogP contribution in [0.4, 0.5) is 0 Å². The second-order valence-corrected chi connectivity index (χ2v) is 4.52. The van der Waals surface area contributed by atoms with Gasteiger partial charge in [0, 0.05) is 29.6 Å². The molecule has 14 heavy (non-hydrogen) atoms. The molecule has 0 amide bonds. The number of nitrogens with zero attached hydrogens (tertiary/aromatic N) is 2. The second kappa shape index (κ2) is 6.36. The van der Waals surface area contributed by atoms with Crippen LogP contribution in [0.25, 0.3) is 0 Å². The van der Waals surface area contributed by atoms with Gasteiger partial charge in [0.15, 0.2) is 0 Å². The number of hydrogen-bond acceptors (Lipinski definition) is 2. The van der Waals surface area contributed by atoms with Gasteiger partial charge in [-0.15, -0.1) is 11.6 Å². The fraction of sp³-hybridized carbons (Fsp3) is 0.700. The third-order valence-electron chi connectivity index (χ3n) is 2.05. The van der Waals surface area contributed by atoms with Crippen molar-refractivity contribution in [1.82, 2.24) is 9.78 Å². The van der Waals surface area contributed by atoms with Gasteiger partial charge in [-0.1, -0.05) is 6.92 Å². The first kappa shape index (κ1) is 11.9. The van der Waals surface area contributed by atoms with Gasteiger partial charge in [0.05, 0.1) is 5.69 Å². The third kappa shape index (κ3) is 3.21. The lowest BCUT2D eigenvalue weighted by atomic mass is 10.3. The summed E-state index contributed by atoms with van der Waals surface area (Å²) in [5, 5.41) is 4.50. The monoisotopic (exact) mass is 232 g/mol. The average Bonchev–Trinajstić information content (AvgIpc) is 2.61. The van der Waals surface area contributed by atoms with Crippen LogP contribution in [0.15, 0.2) is 6.07 Å². The molecule has 0 N–H and O–H groups in total. The molecule has 1 heterocycles. The largest absolute Gasteiger partial charge is 0.269 e. The summed E-state index contributed by atoms with van der Waals surface area (Å²) < 4.78 is 2.08. The standard InChI is InChI=1S/C10H17ClN2S/c1-3-9-7-10(8-14-6-5-11)13(4-2)12-9/h7H,3-6,8H2,1-2H3. The highest BCUT2D eigenvalue weighted by Gasteiger charge is 2.04. The molecule has 0 aromatic carbocycles. The Balaban J connectivity index is 2.59. The van der Waals surface area contributed by atoms with Crippen LogP contribution in [-0.2, 0) is 18.7 Å². The Morgan fingerprint density at radius 2 is 2.29 bits per heavy atom. The highest BCUT2D eigenvalue weighted by Crippen LogP contribution is 2.14. The molecule has 4 heteroatoms. The Labute approximate surface area is 95.0 Å². The van der Waals surface area contributed by atoms with E-state index in [1.165, 1.54) is 11.4 Å². The van der Waals surface area contributed by atoms with E-state index >= 15 is 0 Å². The maximum absolute atomic E-state index is 5.63. The van der Waals surface area contributed by atoms with Crippen LogP contribution in [0, 0.1) is 0 Å². The zero-order chi connectivity index (χ0) is 10.4. The van der Waals surface area contributed by atoms with E-state index < -0.39 is 0 Å². The molecule has 2 nitrogen and oxygen atoms in total. The van der Waals surface area contributed by atoms with Gasteiger partial charge < -0.3 is 0 Å². The lowest BCUT2D eigenvalue weighted by Crippen LogP contribution is -2.01. The van der Waals surface area contributed by atoms with Crippen LogP contribution in [0.3, 0.4) is 0 Å². The van der Waals surface area contributed by atoms with Gasteiger partial charge in [0.1, 0.15) is 0 Å². The van der Waals surface area contributed by atoms with Crippen molar-refractivity contribution < 1.29 is 0 Å². The first-order chi connectivity index (χ1) is 6.81. The predicted octanol–water partition coefficient (Wildman–Crippen LogP) is 2.94. The summed E-state index contributed by atoms with van der Waals surface area (Å²) in [6, 6.07) is 2.20. The van der Waals surface area contributed by atoms with Gasteiger partial charge >= 0.3 is 0 Å². The maximum atomic E-state index is 5.63. The maximum Gasteiger partial charge on any atom is 0.0625 e. The van der Waals surface area contributed by atoms with Gasteiger partial charge in [-0.25, -0.2) is 0 Å². The molecule has 0 saturated carbocycles. The van der Waals surface area contributed by atoms with E-state index in [2.05, 4.69) is 29.7 Å². The molecule has 80 valence electrons. The summed E-state index contributed by atoms with van der Waals surface area (Å²) in [5.74, 6) is 2.76. The van der Waals surface area contributed by atoms with Gasteiger partial charge in [-0.2, -0.15) is 16.9 Å². The van der Waals surface area contributed by atoms with Crippen molar-refractivity contribution >= 4 is 23.4 Å². The fourth-order valence-corrected chi connectivity index (χ4v) is 2.33. The van der Waals surface area contributed by atoms with Crippen molar-refractivity contribution in [1.29, 1.82) is 0 Å². The molecular weight excluding hydrogens is 216 g/mol. The van der Waals surface area contributed by atoms with Crippen molar-refractivity contribution in [2.24, 2.45) is 0 Å². The Hall–Kier alpha value is -0.150. The quantitative estimate of drug-likeness (QED) is 0.555. The second-order valence-electron chi connectivity index (χ2n) is 3.04. The minimum Gasteiger partial charge on any atom is -0.269 e. The zero-order valence-electron chi connectivity index (χ0n) is 8.79. The number of hydrogen-bond donors (Lipinski definition) is 0. The molecule has 0 bridgehead atoms. The summed E-state index contributed by atoms with van der Waals surface area (Å²) in [6.07, 6.45) is 1.01. The Bertz CT molecular complexity index is 273. The van der Waals surface area contributed by atoms with E-state index in [-0.39, 0.29) is 0 Å². The summed E-state index contributed by atoms with van der Waals surface area (Å²) in [5.41, 5.74) is 2.51. The minimum atomic E-state index is 0.728. The highest BCUT2D eigenvalue weighted by atomic mass is 35.5. The van der Waals surface area contributed by atoms with Crippen LogP contribution in [0.2, 0.25) is 0 Å². The van der Waals surface area contributed by atoms with Crippen molar-refractivity contribution in [3.63, 3.8) is 0 Å². The summed E-state index contributed by atoms with van der Waals surface area (Å²) in [6.45, 7) is 5.22. The number of rotatable bonds is 6. The van der Waals surface area contributed by atoms with Crippen molar-refractivity contribution in [3.8, 4) is 0 Å². The minimum absolute atomic E-state index is 0.728. The van der Waals surface area contributed by atoms with Crippen molar-refractivity contribution in [3.05, 3.63) is 17.5 Å². The molecule has 1 aromatic rings. The molecule has 1 aromatic heterocycles. The highest BCUT2D eigenvalue weighted by molar-refractivity contribution is 7.98. The first-order valence-corrected chi connectivity index (χ1v) is 6.70. The van der Waals surface area contributed by atoms with Crippen molar-refractivity contribution in [2.75, 3.05) is 11.6 Å². The summed E-state index contributed by atoms with van der Waals surface area (Å²) in [4.78, 5) is 0.